The van der Waals surface area contributed by atoms with Gasteiger partial charge in [-0.05, 0) is 24.6 Å². The predicted molar refractivity (Wildman–Crippen MR) is 71.0 cm³/mol. The van der Waals surface area contributed by atoms with Crippen molar-refractivity contribution in [3.05, 3.63) is 37.2 Å². The van der Waals surface area contributed by atoms with E-state index in [4.69, 9.17) is 22.1 Å². The van der Waals surface area contributed by atoms with E-state index in [1.807, 2.05) is 24.4 Å². The van der Waals surface area contributed by atoms with Crippen LogP contribution in [0.1, 0.15) is 21.4 Å². The minimum Gasteiger partial charge on any atom is -0.496 e. The summed E-state index contributed by atoms with van der Waals surface area (Å²) in [6, 6.07) is 3.91. The lowest BCUT2D eigenvalue weighted by atomic mass is 10.2. The summed E-state index contributed by atoms with van der Waals surface area (Å²) in [7, 11) is 1.66. The Hall–Kier alpha value is -0.550. The second kappa shape index (κ2) is 4.75. The van der Waals surface area contributed by atoms with Crippen LogP contribution in [0.5, 0.6) is 5.75 Å². The summed E-state index contributed by atoms with van der Waals surface area (Å²) in [5, 5.41) is 1.96. The highest BCUT2D eigenvalue weighted by atomic mass is 35.5. The molecule has 0 bridgehead atoms. The molecule has 0 aliphatic rings. The molecule has 0 fully saturated rings. The number of ether oxygens (including phenoxy) is 1. The largest absolute Gasteiger partial charge is 0.496 e. The molecule has 0 aliphatic carbocycles. The molecule has 2 nitrogen and oxygen atoms in total. The van der Waals surface area contributed by atoms with Crippen LogP contribution in [-0.2, 0) is 0 Å². The van der Waals surface area contributed by atoms with Gasteiger partial charge in [-0.3, -0.25) is 0 Å². The number of hydrogen-bond acceptors (Lipinski definition) is 4. The lowest BCUT2D eigenvalue weighted by molar-refractivity contribution is 0.416. The van der Waals surface area contributed by atoms with Gasteiger partial charge in [0, 0.05) is 15.1 Å². The zero-order chi connectivity index (χ0) is 11.7. The molecule has 2 heterocycles. The first-order valence-electron chi connectivity index (χ1n) is 4.75. The summed E-state index contributed by atoms with van der Waals surface area (Å²) < 4.78 is 5.96. The lowest BCUT2D eigenvalue weighted by Gasteiger charge is -2.05. The van der Waals surface area contributed by atoms with Crippen molar-refractivity contribution in [2.24, 2.45) is 5.73 Å². The van der Waals surface area contributed by atoms with Crippen molar-refractivity contribution in [3.8, 4) is 5.75 Å². The number of methoxy groups -OCH3 is 1. The maximum atomic E-state index is 6.17. The molecule has 16 heavy (non-hydrogen) atoms. The van der Waals surface area contributed by atoms with Gasteiger partial charge in [0.15, 0.2) is 0 Å². The number of rotatable bonds is 3. The van der Waals surface area contributed by atoms with Crippen molar-refractivity contribution in [1.29, 1.82) is 0 Å². The van der Waals surface area contributed by atoms with E-state index in [0.29, 0.717) is 0 Å². The number of hydrogen-bond donors (Lipinski definition) is 1. The molecule has 2 rings (SSSR count). The Morgan fingerprint density at radius 2 is 2.12 bits per heavy atom. The van der Waals surface area contributed by atoms with E-state index in [-0.39, 0.29) is 6.04 Å². The Bertz CT molecular complexity index is 472. The summed E-state index contributed by atoms with van der Waals surface area (Å²) in [4.78, 5) is 2.18. The first-order chi connectivity index (χ1) is 7.61. The van der Waals surface area contributed by atoms with Crippen molar-refractivity contribution in [3.63, 3.8) is 0 Å². The molecule has 2 aromatic heterocycles. The van der Waals surface area contributed by atoms with Gasteiger partial charge in [0.1, 0.15) is 5.75 Å². The van der Waals surface area contributed by atoms with Crippen molar-refractivity contribution < 1.29 is 4.74 Å². The molecular weight excluding hydrogens is 262 g/mol. The molecule has 2 N–H and O–H groups in total. The van der Waals surface area contributed by atoms with Crippen LogP contribution in [0, 0.1) is 6.92 Å². The number of halogens is 1. The van der Waals surface area contributed by atoms with Gasteiger partial charge in [-0.1, -0.05) is 11.6 Å². The van der Waals surface area contributed by atoms with Gasteiger partial charge < -0.3 is 10.5 Å². The van der Waals surface area contributed by atoms with Crippen molar-refractivity contribution in [2.45, 2.75) is 13.0 Å². The Morgan fingerprint density at radius 3 is 2.62 bits per heavy atom. The second-order valence-electron chi connectivity index (χ2n) is 3.47. The van der Waals surface area contributed by atoms with Crippen LogP contribution in [0.25, 0.3) is 0 Å². The normalized spacial score (nSPS) is 12.8. The quantitative estimate of drug-likeness (QED) is 0.922. The fraction of sp³-hybridized carbons (Fsp3) is 0.273. The van der Waals surface area contributed by atoms with Crippen molar-refractivity contribution >= 4 is 34.3 Å². The summed E-state index contributed by atoms with van der Waals surface area (Å²) in [6.07, 6.45) is 0. The molecular formula is C11H12ClNOS2. The van der Waals surface area contributed by atoms with Crippen molar-refractivity contribution in [1.82, 2.24) is 0 Å². The summed E-state index contributed by atoms with van der Waals surface area (Å²) in [5.41, 5.74) is 7.26. The average Bonchev–Trinajstić information content (AvgIpc) is 2.86. The van der Waals surface area contributed by atoms with Gasteiger partial charge in [-0.25, -0.2) is 0 Å². The van der Waals surface area contributed by atoms with Crippen LogP contribution in [0.15, 0.2) is 17.5 Å². The predicted octanol–water partition coefficient (Wildman–Crippen LogP) is 3.83. The minimum absolute atomic E-state index is 0.106. The molecule has 0 saturated heterocycles. The van der Waals surface area contributed by atoms with Crippen LogP contribution in [-0.4, -0.2) is 7.11 Å². The van der Waals surface area contributed by atoms with Gasteiger partial charge >= 0.3 is 0 Å². The fourth-order valence-corrected chi connectivity index (χ4v) is 3.57. The van der Waals surface area contributed by atoms with Crippen LogP contribution < -0.4 is 10.5 Å². The molecule has 0 radical (unpaired) electrons. The first-order valence-corrected chi connectivity index (χ1v) is 6.83. The van der Waals surface area contributed by atoms with E-state index in [0.717, 1.165) is 25.4 Å². The number of aryl methyl sites for hydroxylation is 1. The van der Waals surface area contributed by atoms with Gasteiger partial charge in [-0.2, -0.15) is 0 Å². The van der Waals surface area contributed by atoms with E-state index in [1.165, 1.54) is 0 Å². The molecule has 5 heteroatoms. The number of thiophene rings is 2. The zero-order valence-corrected chi connectivity index (χ0v) is 11.4. The molecule has 0 spiro atoms. The maximum absolute atomic E-state index is 6.17. The summed E-state index contributed by atoms with van der Waals surface area (Å²) >= 11 is 9.18. The molecule has 2 aromatic rings. The van der Waals surface area contributed by atoms with Gasteiger partial charge in [0.05, 0.1) is 17.5 Å². The van der Waals surface area contributed by atoms with E-state index >= 15 is 0 Å². The SMILES string of the molecule is COc1csc(C(N)c2cc(C)c(Cl)s2)c1. The molecule has 0 amide bonds. The Balaban J connectivity index is 2.27. The third-order valence-corrected chi connectivity index (χ3v) is 4.95. The fourth-order valence-electron chi connectivity index (χ4n) is 1.38. The standard InChI is InChI=1S/C11H12ClNOS2/c1-6-3-9(16-11(6)12)10(13)8-4-7(14-2)5-15-8/h3-5,10H,13H2,1-2H3. The van der Waals surface area contributed by atoms with Crippen LogP contribution in [0.3, 0.4) is 0 Å². The molecule has 0 saturated carbocycles. The zero-order valence-electron chi connectivity index (χ0n) is 8.99. The molecule has 1 unspecified atom stereocenters. The molecule has 0 aromatic carbocycles. The minimum atomic E-state index is -0.106. The highest BCUT2D eigenvalue weighted by Gasteiger charge is 2.15. The van der Waals surface area contributed by atoms with Gasteiger partial charge in [0.25, 0.3) is 0 Å². The second-order valence-corrected chi connectivity index (χ2v) is 6.10. The van der Waals surface area contributed by atoms with Crippen molar-refractivity contribution in [2.75, 3.05) is 7.11 Å². The molecule has 1 atom stereocenters. The summed E-state index contributed by atoms with van der Waals surface area (Å²) in [6.45, 7) is 1.99. The maximum Gasteiger partial charge on any atom is 0.129 e. The smallest absolute Gasteiger partial charge is 0.129 e. The van der Waals surface area contributed by atoms with Gasteiger partial charge in [-0.15, -0.1) is 22.7 Å². The van der Waals surface area contributed by atoms with Crippen LogP contribution >= 0.6 is 34.3 Å². The third kappa shape index (κ3) is 2.25. The van der Waals surface area contributed by atoms with Gasteiger partial charge in [0.2, 0.25) is 0 Å². The Kier molecular flexibility index (Phi) is 3.54. The van der Waals surface area contributed by atoms with Crippen LogP contribution in [0.4, 0.5) is 0 Å². The third-order valence-electron chi connectivity index (χ3n) is 2.32. The average molecular weight is 274 g/mol. The van der Waals surface area contributed by atoms with E-state index in [9.17, 15) is 0 Å². The van der Waals surface area contributed by atoms with E-state index in [1.54, 1.807) is 29.8 Å². The van der Waals surface area contributed by atoms with E-state index < -0.39 is 0 Å². The highest BCUT2D eigenvalue weighted by molar-refractivity contribution is 7.16. The lowest BCUT2D eigenvalue weighted by Crippen LogP contribution is -2.08. The summed E-state index contributed by atoms with van der Waals surface area (Å²) in [5.74, 6) is 0.856. The number of nitrogens with two attached hydrogens (primary N) is 1. The van der Waals surface area contributed by atoms with E-state index in [2.05, 4.69) is 0 Å². The van der Waals surface area contributed by atoms with Crippen LogP contribution in [0.2, 0.25) is 4.34 Å². The topological polar surface area (TPSA) is 35.2 Å². The molecule has 0 aliphatic heterocycles. The Labute approximate surface area is 108 Å². The highest BCUT2D eigenvalue weighted by Crippen LogP contribution is 2.36. The first kappa shape index (κ1) is 11.9. The Morgan fingerprint density at radius 1 is 1.38 bits per heavy atom. The molecule has 86 valence electrons. The monoisotopic (exact) mass is 273 g/mol.